The average Bonchev–Trinajstić information content (AvgIpc) is 3.23. The molecule has 1 N–H and O–H groups in total. The minimum absolute atomic E-state index is 0.0168. The zero-order chi connectivity index (χ0) is 16.2. The lowest BCUT2D eigenvalue weighted by Gasteiger charge is -2.12. The molecule has 1 fully saturated rings. The lowest BCUT2D eigenvalue weighted by Crippen LogP contribution is -2.27. The Balaban J connectivity index is 1.73. The van der Waals surface area contributed by atoms with Crippen LogP contribution in [0.3, 0.4) is 0 Å². The van der Waals surface area contributed by atoms with E-state index in [0.29, 0.717) is 15.5 Å². The quantitative estimate of drug-likeness (QED) is 0.916. The van der Waals surface area contributed by atoms with Crippen molar-refractivity contribution in [2.24, 2.45) is 0 Å². The van der Waals surface area contributed by atoms with Gasteiger partial charge < -0.3 is 10.1 Å². The number of thiazole rings is 1. The number of hydrogen-bond donors (Lipinski definition) is 1. The Morgan fingerprint density at radius 2 is 2.35 bits per heavy atom. The van der Waals surface area contributed by atoms with Crippen LogP contribution in [0, 0.1) is 11.3 Å². The van der Waals surface area contributed by atoms with Crippen LogP contribution in [0.15, 0.2) is 30.5 Å². The Kier molecular flexibility index (Phi) is 4.91. The molecular weight excluding hydrogens is 334 g/mol. The molecule has 0 radical (unpaired) electrons. The first-order chi connectivity index (χ1) is 11.2. The molecule has 1 aliphatic heterocycles. The zero-order valence-corrected chi connectivity index (χ0v) is 13.7. The third-order valence-electron chi connectivity index (χ3n) is 3.57. The number of halogens is 1. The number of nitrogens with one attached hydrogen (secondary N) is 1. The molecule has 1 aromatic carbocycles. The lowest BCUT2D eigenvalue weighted by molar-refractivity contribution is 0.0949. The zero-order valence-electron chi connectivity index (χ0n) is 12.2. The van der Waals surface area contributed by atoms with E-state index >= 15 is 0 Å². The smallest absolute Gasteiger partial charge is 0.264 e. The highest BCUT2D eigenvalue weighted by atomic mass is 35.5. The van der Waals surface area contributed by atoms with Crippen LogP contribution in [0.1, 0.15) is 45.2 Å². The standard InChI is InChI=1S/C16H14ClN3O2S/c17-11-5-2-1-4-10(11)12(8-18)20-15(21)14-9-19-16(23-14)13-6-3-7-22-13/h1-2,4-5,9,12-13H,3,6-7H2,(H,20,21). The number of benzene rings is 1. The van der Waals surface area contributed by atoms with Gasteiger partial charge in [-0.1, -0.05) is 29.8 Å². The number of carbonyl (C=O) groups excluding carboxylic acids is 1. The highest BCUT2D eigenvalue weighted by Crippen LogP contribution is 2.31. The van der Waals surface area contributed by atoms with Crippen molar-refractivity contribution in [3.05, 3.63) is 50.9 Å². The molecule has 0 aliphatic carbocycles. The molecule has 1 aromatic heterocycles. The molecule has 5 nitrogen and oxygen atoms in total. The van der Waals surface area contributed by atoms with Gasteiger partial charge in [0.25, 0.3) is 5.91 Å². The van der Waals surface area contributed by atoms with E-state index in [2.05, 4.69) is 16.4 Å². The molecule has 0 spiro atoms. The number of ether oxygens (including phenoxy) is 1. The number of aromatic nitrogens is 1. The van der Waals surface area contributed by atoms with E-state index in [1.165, 1.54) is 17.5 Å². The van der Waals surface area contributed by atoms with Crippen molar-refractivity contribution in [3.63, 3.8) is 0 Å². The van der Waals surface area contributed by atoms with E-state index < -0.39 is 6.04 Å². The summed E-state index contributed by atoms with van der Waals surface area (Å²) in [7, 11) is 0. The Bertz CT molecular complexity index is 750. The monoisotopic (exact) mass is 347 g/mol. The highest BCUT2D eigenvalue weighted by molar-refractivity contribution is 7.13. The fourth-order valence-electron chi connectivity index (χ4n) is 2.40. The minimum atomic E-state index is -0.801. The van der Waals surface area contributed by atoms with Gasteiger partial charge in [0.15, 0.2) is 0 Å². The first kappa shape index (κ1) is 15.9. The summed E-state index contributed by atoms with van der Waals surface area (Å²) in [5, 5.41) is 13.3. The van der Waals surface area contributed by atoms with Crippen LogP contribution in [0.2, 0.25) is 5.02 Å². The first-order valence-corrected chi connectivity index (χ1v) is 8.40. The summed E-state index contributed by atoms with van der Waals surface area (Å²) in [4.78, 5) is 17.1. The van der Waals surface area contributed by atoms with Gasteiger partial charge in [-0.15, -0.1) is 11.3 Å². The van der Waals surface area contributed by atoms with Crippen molar-refractivity contribution in [2.45, 2.75) is 25.0 Å². The molecule has 0 bridgehead atoms. The topological polar surface area (TPSA) is 75.0 Å². The van der Waals surface area contributed by atoms with Crippen molar-refractivity contribution in [2.75, 3.05) is 6.61 Å². The first-order valence-electron chi connectivity index (χ1n) is 7.21. The number of amides is 1. The molecule has 3 rings (SSSR count). The van der Waals surface area contributed by atoms with Crippen LogP contribution in [0.25, 0.3) is 0 Å². The average molecular weight is 348 g/mol. The molecule has 118 valence electrons. The SMILES string of the molecule is N#CC(NC(=O)c1cnc(C2CCCO2)s1)c1ccccc1Cl. The van der Waals surface area contributed by atoms with Crippen molar-refractivity contribution in [1.82, 2.24) is 10.3 Å². The third-order valence-corrected chi connectivity index (χ3v) is 5.01. The number of nitriles is 1. The second-order valence-electron chi connectivity index (χ2n) is 5.12. The molecule has 0 saturated carbocycles. The van der Waals surface area contributed by atoms with E-state index in [-0.39, 0.29) is 12.0 Å². The molecular formula is C16H14ClN3O2S. The normalized spacial score (nSPS) is 18.3. The van der Waals surface area contributed by atoms with Gasteiger partial charge in [0.05, 0.1) is 12.3 Å². The molecule has 2 atom stereocenters. The van der Waals surface area contributed by atoms with Gasteiger partial charge in [0.2, 0.25) is 0 Å². The predicted octanol–water partition coefficient (Wildman–Crippen LogP) is 3.64. The summed E-state index contributed by atoms with van der Waals surface area (Å²) in [6.45, 7) is 0.731. The fraction of sp³-hybridized carbons (Fsp3) is 0.312. The lowest BCUT2D eigenvalue weighted by atomic mass is 10.1. The van der Waals surface area contributed by atoms with Crippen molar-refractivity contribution < 1.29 is 9.53 Å². The maximum Gasteiger partial charge on any atom is 0.264 e. The maximum atomic E-state index is 12.4. The molecule has 23 heavy (non-hydrogen) atoms. The Labute approximate surface area is 142 Å². The maximum absolute atomic E-state index is 12.4. The van der Waals surface area contributed by atoms with Crippen molar-refractivity contribution in [3.8, 4) is 6.07 Å². The van der Waals surface area contributed by atoms with Crippen LogP contribution in [-0.2, 0) is 4.74 Å². The van der Waals surface area contributed by atoms with Gasteiger partial charge in [-0.25, -0.2) is 4.98 Å². The molecule has 2 aromatic rings. The number of nitrogens with zero attached hydrogens (tertiary/aromatic N) is 2. The second kappa shape index (κ2) is 7.09. The number of hydrogen-bond acceptors (Lipinski definition) is 5. The van der Waals surface area contributed by atoms with Gasteiger partial charge in [0.1, 0.15) is 22.0 Å². The van der Waals surface area contributed by atoms with Gasteiger partial charge in [0, 0.05) is 17.2 Å². The molecule has 2 heterocycles. The van der Waals surface area contributed by atoms with E-state index in [1.54, 1.807) is 24.3 Å². The molecule has 2 unspecified atom stereocenters. The number of carbonyl (C=O) groups is 1. The summed E-state index contributed by atoms with van der Waals surface area (Å²) in [5.74, 6) is -0.335. The molecule has 1 amide bonds. The van der Waals surface area contributed by atoms with E-state index in [9.17, 15) is 10.1 Å². The summed E-state index contributed by atoms with van der Waals surface area (Å²) >= 11 is 7.39. The van der Waals surface area contributed by atoms with E-state index in [0.717, 1.165) is 24.5 Å². The molecule has 1 saturated heterocycles. The highest BCUT2D eigenvalue weighted by Gasteiger charge is 2.24. The Hall–Kier alpha value is -1.94. The molecule has 1 aliphatic rings. The Morgan fingerprint density at radius 1 is 1.52 bits per heavy atom. The Morgan fingerprint density at radius 3 is 3.04 bits per heavy atom. The third kappa shape index (κ3) is 3.53. The van der Waals surface area contributed by atoms with Gasteiger partial charge in [-0.05, 0) is 18.9 Å². The minimum Gasteiger partial charge on any atom is -0.371 e. The van der Waals surface area contributed by atoms with E-state index in [1.807, 2.05) is 0 Å². The fourth-order valence-corrected chi connectivity index (χ4v) is 3.55. The summed E-state index contributed by atoms with van der Waals surface area (Å²) < 4.78 is 5.57. The van der Waals surface area contributed by atoms with E-state index in [4.69, 9.17) is 16.3 Å². The second-order valence-corrected chi connectivity index (χ2v) is 6.59. The van der Waals surface area contributed by atoms with Crippen LogP contribution in [-0.4, -0.2) is 17.5 Å². The number of rotatable bonds is 4. The van der Waals surface area contributed by atoms with Crippen LogP contribution in [0.4, 0.5) is 0 Å². The van der Waals surface area contributed by atoms with Crippen molar-refractivity contribution >= 4 is 28.8 Å². The van der Waals surface area contributed by atoms with Gasteiger partial charge >= 0.3 is 0 Å². The van der Waals surface area contributed by atoms with Crippen LogP contribution < -0.4 is 5.32 Å². The van der Waals surface area contributed by atoms with Crippen molar-refractivity contribution in [1.29, 1.82) is 5.26 Å². The summed E-state index contributed by atoms with van der Waals surface area (Å²) in [6.07, 6.45) is 3.44. The van der Waals surface area contributed by atoms with Gasteiger partial charge in [-0.3, -0.25) is 4.79 Å². The predicted molar refractivity (Wildman–Crippen MR) is 87.3 cm³/mol. The summed E-state index contributed by atoms with van der Waals surface area (Å²) in [5.41, 5.74) is 0.578. The molecule has 7 heteroatoms. The largest absolute Gasteiger partial charge is 0.371 e. The summed E-state index contributed by atoms with van der Waals surface area (Å²) in [6, 6.07) is 8.23. The van der Waals surface area contributed by atoms with Gasteiger partial charge in [-0.2, -0.15) is 5.26 Å². The van der Waals surface area contributed by atoms with Crippen LogP contribution >= 0.6 is 22.9 Å². The van der Waals surface area contributed by atoms with Crippen LogP contribution in [0.5, 0.6) is 0 Å².